The summed E-state index contributed by atoms with van der Waals surface area (Å²) in [5.41, 5.74) is -0.377. The van der Waals surface area contributed by atoms with E-state index in [1.165, 1.54) is 13.0 Å². The standard InChI is InChI=1S/C14H13F3O2S/c1-3-7-19-13(18)12-8(2)11-9(14(15,16)17)5-4-6-10(11)20-12/h4-6H,3,7H2,1-2H3. The summed E-state index contributed by atoms with van der Waals surface area (Å²) in [6.45, 7) is 3.64. The number of halogens is 3. The molecule has 1 aromatic carbocycles. The van der Waals surface area contributed by atoms with Gasteiger partial charge in [-0.05, 0) is 31.0 Å². The molecule has 0 radical (unpaired) electrons. The van der Waals surface area contributed by atoms with Gasteiger partial charge in [0.05, 0.1) is 12.2 Å². The van der Waals surface area contributed by atoms with Crippen LogP contribution in [0.1, 0.15) is 34.1 Å². The highest BCUT2D eigenvalue weighted by Crippen LogP contribution is 2.40. The fraction of sp³-hybridized carbons (Fsp3) is 0.357. The van der Waals surface area contributed by atoms with Gasteiger partial charge in [-0.15, -0.1) is 11.3 Å². The molecule has 0 aliphatic carbocycles. The van der Waals surface area contributed by atoms with E-state index in [1.807, 2.05) is 6.92 Å². The number of hydrogen-bond donors (Lipinski definition) is 0. The van der Waals surface area contributed by atoms with E-state index in [-0.39, 0.29) is 16.9 Å². The summed E-state index contributed by atoms with van der Waals surface area (Å²) in [6, 6.07) is 3.96. The van der Waals surface area contributed by atoms with E-state index in [0.29, 0.717) is 16.7 Å². The van der Waals surface area contributed by atoms with E-state index in [4.69, 9.17) is 4.74 Å². The molecular formula is C14H13F3O2S. The highest BCUT2D eigenvalue weighted by atomic mass is 32.1. The van der Waals surface area contributed by atoms with Crippen LogP contribution in [0.15, 0.2) is 18.2 Å². The molecular weight excluding hydrogens is 289 g/mol. The lowest BCUT2D eigenvalue weighted by Crippen LogP contribution is -2.07. The Morgan fingerprint density at radius 3 is 2.65 bits per heavy atom. The number of carbonyl (C=O) groups excluding carboxylic acids is 1. The van der Waals surface area contributed by atoms with Gasteiger partial charge in [-0.1, -0.05) is 13.0 Å². The van der Waals surface area contributed by atoms with Gasteiger partial charge in [-0.3, -0.25) is 0 Å². The number of rotatable bonds is 3. The second-order valence-corrected chi connectivity index (χ2v) is 5.42. The molecule has 0 spiro atoms. The van der Waals surface area contributed by atoms with Crippen LogP contribution in [0.2, 0.25) is 0 Å². The Hall–Kier alpha value is -1.56. The highest BCUT2D eigenvalue weighted by Gasteiger charge is 2.34. The van der Waals surface area contributed by atoms with Gasteiger partial charge < -0.3 is 4.74 Å². The van der Waals surface area contributed by atoms with Crippen molar-refractivity contribution in [1.29, 1.82) is 0 Å². The van der Waals surface area contributed by atoms with Crippen LogP contribution in [0.5, 0.6) is 0 Å². The lowest BCUT2D eigenvalue weighted by molar-refractivity contribution is -0.136. The number of carbonyl (C=O) groups is 1. The molecule has 2 rings (SSSR count). The first-order valence-corrected chi connectivity index (χ1v) is 6.94. The largest absolute Gasteiger partial charge is 0.462 e. The van der Waals surface area contributed by atoms with Gasteiger partial charge in [0.15, 0.2) is 0 Å². The summed E-state index contributed by atoms with van der Waals surface area (Å²) in [7, 11) is 0. The van der Waals surface area contributed by atoms with E-state index in [1.54, 1.807) is 6.07 Å². The minimum atomic E-state index is -4.43. The summed E-state index contributed by atoms with van der Waals surface area (Å²) >= 11 is 1.04. The Morgan fingerprint density at radius 2 is 2.05 bits per heavy atom. The smallest absolute Gasteiger partial charge is 0.417 e. The first-order valence-electron chi connectivity index (χ1n) is 6.12. The van der Waals surface area contributed by atoms with Crippen molar-refractivity contribution in [3.63, 3.8) is 0 Å². The zero-order valence-corrected chi connectivity index (χ0v) is 11.8. The molecule has 0 amide bonds. The number of hydrogen-bond acceptors (Lipinski definition) is 3. The quantitative estimate of drug-likeness (QED) is 0.762. The van der Waals surface area contributed by atoms with E-state index < -0.39 is 17.7 Å². The first-order chi connectivity index (χ1) is 9.36. The van der Waals surface area contributed by atoms with Gasteiger partial charge in [0.1, 0.15) is 4.88 Å². The third-order valence-electron chi connectivity index (χ3n) is 2.88. The molecule has 108 valence electrons. The summed E-state index contributed by atoms with van der Waals surface area (Å²) < 4.78 is 44.4. The van der Waals surface area contributed by atoms with Gasteiger partial charge >= 0.3 is 12.1 Å². The van der Waals surface area contributed by atoms with Gasteiger partial charge in [0, 0.05) is 10.1 Å². The Bertz CT molecular complexity index is 644. The number of aryl methyl sites for hydroxylation is 1. The highest BCUT2D eigenvalue weighted by molar-refractivity contribution is 7.21. The van der Waals surface area contributed by atoms with Crippen molar-refractivity contribution < 1.29 is 22.7 Å². The van der Waals surface area contributed by atoms with Crippen molar-refractivity contribution in [3.8, 4) is 0 Å². The average molecular weight is 302 g/mol. The van der Waals surface area contributed by atoms with E-state index in [0.717, 1.165) is 17.4 Å². The predicted molar refractivity (Wildman–Crippen MR) is 72.1 cm³/mol. The molecule has 0 saturated carbocycles. The lowest BCUT2D eigenvalue weighted by atomic mass is 10.1. The maximum atomic E-state index is 13.0. The molecule has 2 nitrogen and oxygen atoms in total. The number of benzene rings is 1. The number of fused-ring (bicyclic) bond motifs is 1. The molecule has 0 unspecified atom stereocenters. The third-order valence-corrected chi connectivity index (χ3v) is 4.12. The molecule has 6 heteroatoms. The second kappa shape index (κ2) is 5.44. The maximum Gasteiger partial charge on any atom is 0.417 e. The van der Waals surface area contributed by atoms with Gasteiger partial charge in [-0.25, -0.2) is 4.79 Å². The Kier molecular flexibility index (Phi) is 4.04. The van der Waals surface area contributed by atoms with Crippen LogP contribution < -0.4 is 0 Å². The molecule has 1 aromatic heterocycles. The van der Waals surface area contributed by atoms with Crippen LogP contribution >= 0.6 is 11.3 Å². The molecule has 0 bridgehead atoms. The van der Waals surface area contributed by atoms with Gasteiger partial charge in [0.25, 0.3) is 0 Å². The summed E-state index contributed by atoms with van der Waals surface area (Å²) in [6.07, 6.45) is -3.76. The number of thiophene rings is 1. The lowest BCUT2D eigenvalue weighted by Gasteiger charge is -2.08. The molecule has 0 saturated heterocycles. The van der Waals surface area contributed by atoms with E-state index in [9.17, 15) is 18.0 Å². The van der Waals surface area contributed by atoms with Crippen molar-refractivity contribution >= 4 is 27.4 Å². The minimum absolute atomic E-state index is 0.0912. The average Bonchev–Trinajstić information content (AvgIpc) is 2.72. The zero-order valence-electron chi connectivity index (χ0n) is 11.0. The van der Waals surface area contributed by atoms with Crippen LogP contribution in [-0.4, -0.2) is 12.6 Å². The van der Waals surface area contributed by atoms with Crippen LogP contribution in [0, 0.1) is 6.92 Å². The number of esters is 1. The minimum Gasteiger partial charge on any atom is -0.462 e. The Labute approximate surface area is 118 Å². The van der Waals surface area contributed by atoms with Gasteiger partial charge in [0.2, 0.25) is 0 Å². The molecule has 0 N–H and O–H groups in total. The first kappa shape index (κ1) is 14.8. The number of ether oxygens (including phenoxy) is 1. The molecule has 2 aromatic rings. The van der Waals surface area contributed by atoms with E-state index >= 15 is 0 Å². The summed E-state index contributed by atoms with van der Waals surface area (Å²) in [4.78, 5) is 12.1. The Morgan fingerprint density at radius 1 is 1.35 bits per heavy atom. The van der Waals surface area contributed by atoms with Crippen molar-refractivity contribution in [2.45, 2.75) is 26.4 Å². The molecule has 0 atom stereocenters. The fourth-order valence-corrected chi connectivity index (χ4v) is 3.12. The van der Waals surface area contributed by atoms with Crippen LogP contribution in [0.4, 0.5) is 13.2 Å². The third kappa shape index (κ3) is 2.65. The molecule has 1 heterocycles. The van der Waals surface area contributed by atoms with E-state index in [2.05, 4.69) is 0 Å². The van der Waals surface area contributed by atoms with Crippen LogP contribution in [0.3, 0.4) is 0 Å². The summed E-state index contributed by atoms with van der Waals surface area (Å²) in [5, 5.41) is 0.0912. The summed E-state index contributed by atoms with van der Waals surface area (Å²) in [5.74, 6) is -0.557. The monoisotopic (exact) mass is 302 g/mol. The molecule has 0 aliphatic heterocycles. The molecule has 0 fully saturated rings. The van der Waals surface area contributed by atoms with Crippen molar-refractivity contribution in [2.24, 2.45) is 0 Å². The normalized spacial score (nSPS) is 11.8. The van der Waals surface area contributed by atoms with Gasteiger partial charge in [-0.2, -0.15) is 13.2 Å². The number of alkyl halides is 3. The SMILES string of the molecule is CCCOC(=O)c1sc2cccc(C(F)(F)F)c2c1C. The van der Waals surface area contributed by atoms with Crippen LogP contribution in [0.25, 0.3) is 10.1 Å². The maximum absolute atomic E-state index is 13.0. The fourth-order valence-electron chi connectivity index (χ4n) is 1.99. The van der Waals surface area contributed by atoms with Crippen molar-refractivity contribution in [3.05, 3.63) is 34.2 Å². The second-order valence-electron chi connectivity index (χ2n) is 4.37. The molecule has 20 heavy (non-hydrogen) atoms. The zero-order chi connectivity index (χ0) is 14.9. The van der Waals surface area contributed by atoms with Crippen LogP contribution in [-0.2, 0) is 10.9 Å². The predicted octanol–water partition coefficient (Wildman–Crippen LogP) is 4.80. The topological polar surface area (TPSA) is 26.3 Å². The molecule has 0 aliphatic rings. The van der Waals surface area contributed by atoms with Crippen molar-refractivity contribution in [1.82, 2.24) is 0 Å². The van der Waals surface area contributed by atoms with Crippen molar-refractivity contribution in [2.75, 3.05) is 6.61 Å². The Balaban J connectivity index is 2.56.